The summed E-state index contributed by atoms with van der Waals surface area (Å²) in [5.74, 6) is -0.388. The summed E-state index contributed by atoms with van der Waals surface area (Å²) in [5, 5.41) is 7.53. The molecule has 2 aromatic rings. The number of urea groups is 1. The number of nitrogens with zero attached hydrogens (tertiary/aromatic N) is 2. The molecule has 2 aliphatic rings. The molecule has 2 aliphatic heterocycles. The molecule has 0 spiro atoms. The van der Waals surface area contributed by atoms with E-state index in [9.17, 15) is 14.4 Å². The number of likely N-dealkylation sites (tertiary alicyclic amines) is 1. The number of hydrogen-bond acceptors (Lipinski definition) is 4. The lowest BCUT2D eigenvalue weighted by Crippen LogP contribution is -2.40. The van der Waals surface area contributed by atoms with Gasteiger partial charge >= 0.3 is 6.03 Å². The largest absolute Gasteiger partial charge is 0.355 e. The molecule has 7 heteroatoms. The van der Waals surface area contributed by atoms with Gasteiger partial charge in [0.1, 0.15) is 6.04 Å². The van der Waals surface area contributed by atoms with Gasteiger partial charge in [0.05, 0.1) is 5.69 Å². The molecule has 7 nitrogen and oxygen atoms in total. The molecular formula is C23H28N4O3. The monoisotopic (exact) mass is 408 g/mol. The van der Waals surface area contributed by atoms with Crippen molar-refractivity contribution in [2.45, 2.75) is 44.7 Å². The zero-order chi connectivity index (χ0) is 21.1. The van der Waals surface area contributed by atoms with E-state index >= 15 is 0 Å². The van der Waals surface area contributed by atoms with Gasteiger partial charge in [0.25, 0.3) is 5.91 Å². The molecule has 2 aromatic carbocycles. The molecule has 1 unspecified atom stereocenters. The summed E-state index contributed by atoms with van der Waals surface area (Å²) >= 11 is 0. The van der Waals surface area contributed by atoms with Gasteiger partial charge in [-0.1, -0.05) is 43.3 Å². The highest BCUT2D eigenvalue weighted by Crippen LogP contribution is 2.29. The number of anilines is 1. The Morgan fingerprint density at radius 1 is 1.17 bits per heavy atom. The lowest BCUT2D eigenvalue weighted by molar-refractivity contribution is -0.122. The number of hydrogen-bond donors (Lipinski definition) is 2. The normalized spacial score (nSPS) is 22.0. The highest BCUT2D eigenvalue weighted by molar-refractivity contribution is 6.24. The Hall–Kier alpha value is -2.93. The molecule has 0 radical (unpaired) electrons. The molecule has 4 amide bonds. The maximum atomic E-state index is 12.9. The number of fused-ring (bicyclic) bond motifs is 1. The van der Waals surface area contributed by atoms with Crippen molar-refractivity contribution in [2.75, 3.05) is 24.5 Å². The Morgan fingerprint density at radius 3 is 2.80 bits per heavy atom. The second kappa shape index (κ2) is 8.83. The Bertz CT molecular complexity index is 955. The van der Waals surface area contributed by atoms with Crippen molar-refractivity contribution in [1.82, 2.24) is 15.5 Å². The van der Waals surface area contributed by atoms with Crippen LogP contribution in [0.3, 0.4) is 0 Å². The van der Waals surface area contributed by atoms with Crippen LogP contribution in [0.5, 0.6) is 0 Å². The lowest BCUT2D eigenvalue weighted by atomic mass is 10.1. The number of imide groups is 1. The third kappa shape index (κ3) is 4.03. The Morgan fingerprint density at radius 2 is 1.97 bits per heavy atom. The number of carbonyl (C=O) groups is 3. The third-order valence-corrected chi connectivity index (χ3v) is 6.13. The zero-order valence-electron chi connectivity index (χ0n) is 17.3. The number of likely N-dealkylation sites (N-methyl/N-ethyl adjacent to an activating group) is 1. The van der Waals surface area contributed by atoms with Crippen molar-refractivity contribution in [2.24, 2.45) is 0 Å². The van der Waals surface area contributed by atoms with Crippen LogP contribution in [0.25, 0.3) is 10.8 Å². The van der Waals surface area contributed by atoms with Crippen molar-refractivity contribution >= 4 is 34.3 Å². The summed E-state index contributed by atoms with van der Waals surface area (Å²) < 4.78 is 0. The van der Waals surface area contributed by atoms with Crippen LogP contribution in [-0.2, 0) is 9.59 Å². The molecular weight excluding hydrogens is 380 g/mol. The van der Waals surface area contributed by atoms with Gasteiger partial charge in [0.15, 0.2) is 0 Å². The fraction of sp³-hybridized carbons (Fsp3) is 0.435. The smallest absolute Gasteiger partial charge is 0.329 e. The number of rotatable bonds is 7. The predicted molar refractivity (Wildman–Crippen MR) is 116 cm³/mol. The van der Waals surface area contributed by atoms with Crippen LogP contribution < -0.4 is 15.5 Å². The lowest BCUT2D eigenvalue weighted by Gasteiger charge is -2.22. The standard InChI is InChI=1S/C23H28N4O3/c1-2-26-14-6-9-17(26)15-24-21(28)13-12-19-22(29)27(23(30)25-19)20-11-5-8-16-7-3-4-10-18(16)20/h3-5,7-8,10-11,17,19H,2,6,9,12-15H2,1H3,(H,24,28)(H,25,30)/t17?,19-/m0/s1. The number of amides is 4. The quantitative estimate of drug-likeness (QED) is 0.690. The summed E-state index contributed by atoms with van der Waals surface area (Å²) in [6, 6.07) is 12.5. The van der Waals surface area contributed by atoms with Gasteiger partial charge < -0.3 is 10.6 Å². The van der Waals surface area contributed by atoms with Crippen molar-refractivity contribution < 1.29 is 14.4 Å². The minimum absolute atomic E-state index is 0.0800. The van der Waals surface area contributed by atoms with E-state index in [-0.39, 0.29) is 18.2 Å². The molecule has 0 aromatic heterocycles. The van der Waals surface area contributed by atoms with Crippen molar-refractivity contribution in [3.8, 4) is 0 Å². The van der Waals surface area contributed by atoms with Gasteiger partial charge in [-0.05, 0) is 43.8 Å². The average molecular weight is 409 g/mol. The Balaban J connectivity index is 1.35. The van der Waals surface area contributed by atoms with Crippen molar-refractivity contribution in [3.05, 3.63) is 42.5 Å². The molecule has 30 heavy (non-hydrogen) atoms. The van der Waals surface area contributed by atoms with E-state index in [2.05, 4.69) is 22.5 Å². The second-order valence-electron chi connectivity index (χ2n) is 7.94. The highest BCUT2D eigenvalue weighted by Gasteiger charge is 2.39. The Labute approximate surface area is 176 Å². The van der Waals surface area contributed by atoms with E-state index in [1.807, 2.05) is 36.4 Å². The molecule has 158 valence electrons. The summed E-state index contributed by atoms with van der Waals surface area (Å²) in [5.41, 5.74) is 0.573. The molecule has 0 saturated carbocycles. The maximum Gasteiger partial charge on any atom is 0.329 e. The molecule has 2 atom stereocenters. The number of carbonyl (C=O) groups excluding carboxylic acids is 3. The van der Waals surface area contributed by atoms with Gasteiger partial charge in [-0.3, -0.25) is 14.5 Å². The van der Waals surface area contributed by atoms with Crippen LogP contribution in [-0.4, -0.2) is 54.5 Å². The Kier molecular flexibility index (Phi) is 5.99. The van der Waals surface area contributed by atoms with Crippen molar-refractivity contribution in [1.29, 1.82) is 0 Å². The fourth-order valence-electron chi connectivity index (χ4n) is 4.50. The molecule has 2 N–H and O–H groups in total. The molecule has 4 rings (SSSR count). The van der Waals surface area contributed by atoms with Crippen LogP contribution >= 0.6 is 0 Å². The molecule has 2 heterocycles. The highest BCUT2D eigenvalue weighted by atomic mass is 16.2. The summed E-state index contributed by atoms with van der Waals surface area (Å²) in [6.45, 7) is 4.85. The van der Waals surface area contributed by atoms with Gasteiger partial charge in [-0.25, -0.2) is 9.69 Å². The topological polar surface area (TPSA) is 81.8 Å². The summed E-state index contributed by atoms with van der Waals surface area (Å²) in [7, 11) is 0. The summed E-state index contributed by atoms with van der Waals surface area (Å²) in [4.78, 5) is 41.3. The first-order chi connectivity index (χ1) is 14.6. The number of nitrogens with one attached hydrogen (secondary N) is 2. The van der Waals surface area contributed by atoms with E-state index in [4.69, 9.17) is 0 Å². The van der Waals surface area contributed by atoms with Crippen LogP contribution in [0.2, 0.25) is 0 Å². The SMILES string of the molecule is CCN1CCCC1CNC(=O)CC[C@@H]1NC(=O)N(c2cccc3ccccc23)C1=O. The van der Waals surface area contributed by atoms with Gasteiger partial charge in [-0.2, -0.15) is 0 Å². The fourth-order valence-corrected chi connectivity index (χ4v) is 4.50. The van der Waals surface area contributed by atoms with E-state index < -0.39 is 12.1 Å². The minimum Gasteiger partial charge on any atom is -0.355 e. The van der Waals surface area contributed by atoms with Gasteiger partial charge in [0.2, 0.25) is 5.91 Å². The molecule has 2 saturated heterocycles. The predicted octanol–water partition coefficient (Wildman–Crippen LogP) is 2.65. The minimum atomic E-state index is -0.680. The second-order valence-corrected chi connectivity index (χ2v) is 7.94. The van der Waals surface area contributed by atoms with Crippen LogP contribution in [0, 0.1) is 0 Å². The van der Waals surface area contributed by atoms with E-state index in [0.717, 1.165) is 30.3 Å². The van der Waals surface area contributed by atoms with Crippen LogP contribution in [0.15, 0.2) is 42.5 Å². The zero-order valence-corrected chi connectivity index (χ0v) is 17.3. The molecule has 0 aliphatic carbocycles. The van der Waals surface area contributed by atoms with E-state index in [1.165, 1.54) is 11.3 Å². The number of benzene rings is 2. The van der Waals surface area contributed by atoms with Crippen LogP contribution in [0.1, 0.15) is 32.6 Å². The van der Waals surface area contributed by atoms with E-state index in [1.54, 1.807) is 6.07 Å². The molecule has 0 bridgehead atoms. The van der Waals surface area contributed by atoms with Gasteiger partial charge in [0, 0.05) is 24.4 Å². The summed E-state index contributed by atoms with van der Waals surface area (Å²) in [6.07, 6.45) is 2.77. The van der Waals surface area contributed by atoms with E-state index in [0.29, 0.717) is 24.7 Å². The molecule has 2 fully saturated rings. The first kappa shape index (κ1) is 20.3. The van der Waals surface area contributed by atoms with Crippen LogP contribution in [0.4, 0.5) is 10.5 Å². The average Bonchev–Trinajstić information content (AvgIpc) is 3.33. The van der Waals surface area contributed by atoms with Crippen molar-refractivity contribution in [3.63, 3.8) is 0 Å². The maximum absolute atomic E-state index is 12.9. The van der Waals surface area contributed by atoms with Gasteiger partial charge in [-0.15, -0.1) is 0 Å². The first-order valence-electron chi connectivity index (χ1n) is 10.7. The third-order valence-electron chi connectivity index (χ3n) is 6.13. The first-order valence-corrected chi connectivity index (χ1v) is 10.7.